The van der Waals surface area contributed by atoms with Crippen molar-refractivity contribution in [3.05, 3.63) is 57.0 Å². The minimum atomic E-state index is -4.82. The topological polar surface area (TPSA) is 73.1 Å². The molecular formula is C20H17Cl2F3N2O4. The number of carbonyl (C=O) groups is 1. The van der Waals surface area contributed by atoms with Crippen molar-refractivity contribution in [2.75, 3.05) is 13.2 Å². The normalized spacial score (nSPS) is 23.5. The molecule has 6 nitrogen and oxygen atoms in total. The quantitative estimate of drug-likeness (QED) is 0.673. The third kappa shape index (κ3) is 4.14. The van der Waals surface area contributed by atoms with Gasteiger partial charge in [0.15, 0.2) is 5.76 Å². The fourth-order valence-electron chi connectivity index (χ4n) is 3.58. The van der Waals surface area contributed by atoms with Crippen molar-refractivity contribution in [3.63, 3.8) is 0 Å². The summed E-state index contributed by atoms with van der Waals surface area (Å²) in [5.74, 6) is -0.125. The zero-order chi connectivity index (χ0) is 22.4. The molecule has 2 aliphatic heterocycles. The Morgan fingerprint density at radius 3 is 2.55 bits per heavy atom. The van der Waals surface area contributed by atoms with Crippen molar-refractivity contribution in [2.45, 2.75) is 37.6 Å². The van der Waals surface area contributed by atoms with E-state index in [-0.39, 0.29) is 44.4 Å². The fourth-order valence-corrected chi connectivity index (χ4v) is 4.11. The number of nitrogens with one attached hydrogen (secondary N) is 1. The van der Waals surface area contributed by atoms with Crippen LogP contribution in [0.25, 0.3) is 0 Å². The summed E-state index contributed by atoms with van der Waals surface area (Å²) in [4.78, 5) is 17.5. The van der Waals surface area contributed by atoms with Crippen LogP contribution in [0.15, 0.2) is 33.8 Å². The zero-order valence-electron chi connectivity index (χ0n) is 16.2. The summed E-state index contributed by atoms with van der Waals surface area (Å²) in [6, 6.07) is 4.83. The van der Waals surface area contributed by atoms with Crippen LogP contribution >= 0.6 is 23.2 Å². The van der Waals surface area contributed by atoms with Gasteiger partial charge in [-0.05, 0) is 37.6 Å². The first-order valence-corrected chi connectivity index (χ1v) is 10.1. The first-order chi connectivity index (χ1) is 14.6. The summed E-state index contributed by atoms with van der Waals surface area (Å²) in [5, 5.41) is 6.53. The average molecular weight is 477 g/mol. The summed E-state index contributed by atoms with van der Waals surface area (Å²) in [5.41, 5.74) is -2.93. The number of hydrogen-bond donors (Lipinski definition) is 1. The average Bonchev–Trinajstić information content (AvgIpc) is 3.39. The Hall–Kier alpha value is -2.23. The van der Waals surface area contributed by atoms with E-state index in [1.165, 1.54) is 12.1 Å². The van der Waals surface area contributed by atoms with Gasteiger partial charge in [0.25, 0.3) is 11.5 Å². The molecule has 0 spiro atoms. The Bertz CT molecular complexity index is 1030. The minimum absolute atomic E-state index is 0.0181. The van der Waals surface area contributed by atoms with Crippen LogP contribution in [0.4, 0.5) is 13.2 Å². The molecule has 3 heterocycles. The largest absolute Gasteiger partial charge is 0.459 e. The molecule has 1 aromatic heterocycles. The second kappa shape index (κ2) is 8.03. The highest BCUT2D eigenvalue weighted by Crippen LogP contribution is 2.49. The molecule has 1 fully saturated rings. The summed E-state index contributed by atoms with van der Waals surface area (Å²) in [6.45, 7) is 2.52. The third-order valence-corrected chi connectivity index (χ3v) is 5.66. The van der Waals surface area contributed by atoms with Crippen molar-refractivity contribution in [1.29, 1.82) is 0 Å². The van der Waals surface area contributed by atoms with E-state index in [1.807, 2.05) is 0 Å². The molecule has 2 atom stereocenters. The van der Waals surface area contributed by atoms with Gasteiger partial charge < -0.3 is 19.3 Å². The number of amides is 1. The Labute approximate surface area is 185 Å². The molecule has 2 unspecified atom stereocenters. The highest BCUT2D eigenvalue weighted by molar-refractivity contribution is 6.34. The number of aryl methyl sites for hydroxylation is 1. The van der Waals surface area contributed by atoms with Gasteiger partial charge in [-0.15, -0.1) is 0 Å². The van der Waals surface area contributed by atoms with Crippen molar-refractivity contribution >= 4 is 34.8 Å². The number of nitrogens with zero attached hydrogens (tertiary/aromatic N) is 1. The number of oxime groups is 1. The Kier molecular flexibility index (Phi) is 5.70. The van der Waals surface area contributed by atoms with Gasteiger partial charge >= 0.3 is 6.18 Å². The summed E-state index contributed by atoms with van der Waals surface area (Å²) < 4.78 is 53.1. The SMILES string of the molecule is Cc1oc(C2=NOC(c3cc(Cl)cc(Cl)c3)(C(F)(F)F)C2)cc1C(=O)NC1CCOC1. The number of halogens is 5. The molecule has 2 aromatic rings. The monoisotopic (exact) mass is 476 g/mol. The van der Waals surface area contributed by atoms with Gasteiger partial charge in [0.05, 0.1) is 24.6 Å². The van der Waals surface area contributed by atoms with Crippen LogP contribution in [0.2, 0.25) is 10.0 Å². The first-order valence-electron chi connectivity index (χ1n) is 9.37. The molecule has 2 aliphatic rings. The maximum Gasteiger partial charge on any atom is 0.435 e. The molecule has 1 N–H and O–H groups in total. The van der Waals surface area contributed by atoms with E-state index in [0.717, 1.165) is 12.1 Å². The lowest BCUT2D eigenvalue weighted by Gasteiger charge is -2.29. The molecule has 1 aromatic carbocycles. The van der Waals surface area contributed by atoms with Gasteiger partial charge in [0.1, 0.15) is 11.5 Å². The maximum atomic E-state index is 14.1. The van der Waals surface area contributed by atoms with Crippen LogP contribution in [0.5, 0.6) is 0 Å². The molecule has 0 bridgehead atoms. The fraction of sp³-hybridized carbons (Fsp3) is 0.400. The zero-order valence-corrected chi connectivity index (χ0v) is 17.7. The molecule has 0 radical (unpaired) electrons. The van der Waals surface area contributed by atoms with Crippen LogP contribution < -0.4 is 5.32 Å². The molecule has 31 heavy (non-hydrogen) atoms. The van der Waals surface area contributed by atoms with E-state index in [4.69, 9.17) is 37.2 Å². The van der Waals surface area contributed by atoms with Gasteiger partial charge in [-0.3, -0.25) is 4.79 Å². The predicted molar refractivity (Wildman–Crippen MR) is 107 cm³/mol. The van der Waals surface area contributed by atoms with Gasteiger partial charge in [-0.1, -0.05) is 28.4 Å². The summed E-state index contributed by atoms with van der Waals surface area (Å²) in [6.07, 6.45) is -4.80. The van der Waals surface area contributed by atoms with E-state index in [1.54, 1.807) is 6.92 Å². The van der Waals surface area contributed by atoms with Gasteiger partial charge in [0, 0.05) is 22.2 Å². The Morgan fingerprint density at radius 2 is 1.94 bits per heavy atom. The molecule has 0 saturated carbocycles. The summed E-state index contributed by atoms with van der Waals surface area (Å²) >= 11 is 11.8. The third-order valence-electron chi connectivity index (χ3n) is 5.23. The second-order valence-electron chi connectivity index (χ2n) is 7.40. The highest BCUT2D eigenvalue weighted by Gasteiger charge is 2.62. The molecule has 11 heteroatoms. The maximum absolute atomic E-state index is 14.1. The van der Waals surface area contributed by atoms with E-state index in [0.29, 0.717) is 19.6 Å². The number of benzene rings is 1. The van der Waals surface area contributed by atoms with Crippen LogP contribution in [-0.4, -0.2) is 37.1 Å². The van der Waals surface area contributed by atoms with Gasteiger partial charge in [-0.2, -0.15) is 13.2 Å². The van der Waals surface area contributed by atoms with Crippen LogP contribution in [0, 0.1) is 6.92 Å². The Morgan fingerprint density at radius 1 is 1.23 bits per heavy atom. The van der Waals surface area contributed by atoms with Crippen molar-refractivity contribution in [1.82, 2.24) is 5.32 Å². The number of hydrogen-bond acceptors (Lipinski definition) is 5. The molecule has 4 rings (SSSR count). The molecule has 0 aliphatic carbocycles. The van der Waals surface area contributed by atoms with E-state index in [2.05, 4.69) is 10.5 Å². The predicted octanol–water partition coefficient (Wildman–Crippen LogP) is 5.00. The first kappa shape index (κ1) is 22.0. The molecule has 166 valence electrons. The second-order valence-corrected chi connectivity index (χ2v) is 8.28. The Balaban J connectivity index is 1.61. The van der Waals surface area contributed by atoms with Crippen molar-refractivity contribution < 1.29 is 32.0 Å². The van der Waals surface area contributed by atoms with Crippen LogP contribution in [0.3, 0.4) is 0 Å². The lowest BCUT2D eigenvalue weighted by molar-refractivity contribution is -0.275. The number of carbonyl (C=O) groups excluding carboxylic acids is 1. The number of alkyl halides is 3. The minimum Gasteiger partial charge on any atom is -0.459 e. The van der Waals surface area contributed by atoms with Gasteiger partial charge in [0.2, 0.25) is 0 Å². The molecular weight excluding hydrogens is 460 g/mol. The number of ether oxygens (including phenoxy) is 1. The van der Waals surface area contributed by atoms with E-state index >= 15 is 0 Å². The van der Waals surface area contributed by atoms with E-state index < -0.39 is 24.1 Å². The highest BCUT2D eigenvalue weighted by atomic mass is 35.5. The van der Waals surface area contributed by atoms with Crippen LogP contribution in [0.1, 0.15) is 40.3 Å². The molecule has 1 amide bonds. The van der Waals surface area contributed by atoms with Crippen molar-refractivity contribution in [2.24, 2.45) is 5.16 Å². The van der Waals surface area contributed by atoms with Crippen LogP contribution in [-0.2, 0) is 15.2 Å². The lowest BCUT2D eigenvalue weighted by Crippen LogP contribution is -2.42. The van der Waals surface area contributed by atoms with Gasteiger partial charge in [-0.25, -0.2) is 0 Å². The number of rotatable bonds is 4. The summed E-state index contributed by atoms with van der Waals surface area (Å²) in [7, 11) is 0. The van der Waals surface area contributed by atoms with Crippen molar-refractivity contribution in [3.8, 4) is 0 Å². The molecule has 1 saturated heterocycles. The standard InChI is InChI=1S/C20H17Cl2F3N2O4/c1-10-15(18(28)26-14-2-3-29-9-14)7-17(30-10)16-8-19(31-27-16,20(23,24)25)11-4-12(21)6-13(22)5-11/h4-7,14H,2-3,8-9H2,1H3,(H,26,28). The smallest absolute Gasteiger partial charge is 0.435 e. The lowest BCUT2D eigenvalue weighted by atomic mass is 9.87. The number of furan rings is 1. The van der Waals surface area contributed by atoms with E-state index in [9.17, 15) is 18.0 Å².